The smallest absolute Gasteiger partial charge is 0.339 e. The molecule has 0 radical (unpaired) electrons. The Labute approximate surface area is 149 Å². The number of hydrogen-bond donors (Lipinski definition) is 1. The molecule has 3 aromatic rings. The van der Waals surface area contributed by atoms with Gasteiger partial charge in [-0.2, -0.15) is 0 Å². The van der Waals surface area contributed by atoms with Crippen LogP contribution in [0.25, 0.3) is 11.1 Å². The summed E-state index contributed by atoms with van der Waals surface area (Å²) in [6.45, 7) is 0.213. The van der Waals surface area contributed by atoms with Crippen molar-refractivity contribution in [3.8, 4) is 16.9 Å². The molecule has 0 aliphatic heterocycles. The molecule has 6 nitrogen and oxygen atoms in total. The molecule has 0 saturated heterocycles. The van der Waals surface area contributed by atoms with Gasteiger partial charge in [0, 0.05) is 17.7 Å². The Kier molecular flexibility index (Phi) is 4.94. The molecule has 0 unspecified atom stereocenters. The Hall–Kier alpha value is -3.67. The van der Waals surface area contributed by atoms with Crippen LogP contribution in [0.4, 0.5) is 5.69 Å². The van der Waals surface area contributed by atoms with Crippen LogP contribution in [0.3, 0.4) is 0 Å². The fourth-order valence-corrected chi connectivity index (χ4v) is 2.58. The average molecular weight is 349 g/mol. The molecule has 0 aliphatic carbocycles. The Bertz CT molecular complexity index is 936. The number of aromatic carboxylic acids is 1. The zero-order valence-electron chi connectivity index (χ0n) is 13.7. The highest BCUT2D eigenvalue weighted by molar-refractivity contribution is 5.94. The molecule has 0 fully saturated rings. The van der Waals surface area contributed by atoms with Gasteiger partial charge in [-0.1, -0.05) is 42.5 Å². The van der Waals surface area contributed by atoms with Gasteiger partial charge in [-0.15, -0.1) is 0 Å². The number of nitro benzene ring substituents is 1. The molecule has 0 amide bonds. The van der Waals surface area contributed by atoms with Gasteiger partial charge in [0.1, 0.15) is 17.9 Å². The summed E-state index contributed by atoms with van der Waals surface area (Å²) in [7, 11) is 0. The van der Waals surface area contributed by atoms with E-state index in [1.165, 1.54) is 18.2 Å². The fraction of sp³-hybridized carbons (Fsp3) is 0.0500. The average Bonchev–Trinajstić information content (AvgIpc) is 2.67. The summed E-state index contributed by atoms with van der Waals surface area (Å²) in [5.74, 6) is -0.866. The molecule has 26 heavy (non-hydrogen) atoms. The van der Waals surface area contributed by atoms with E-state index in [1.807, 2.05) is 30.3 Å². The number of benzene rings is 3. The lowest BCUT2D eigenvalue weighted by Gasteiger charge is -2.14. The molecule has 0 aliphatic rings. The number of ether oxygens (including phenoxy) is 1. The molecule has 3 aromatic carbocycles. The van der Waals surface area contributed by atoms with Gasteiger partial charge in [-0.25, -0.2) is 4.79 Å². The van der Waals surface area contributed by atoms with E-state index in [0.717, 1.165) is 5.56 Å². The van der Waals surface area contributed by atoms with Crippen molar-refractivity contribution in [3.63, 3.8) is 0 Å². The van der Waals surface area contributed by atoms with Crippen molar-refractivity contribution < 1.29 is 19.6 Å². The summed E-state index contributed by atoms with van der Waals surface area (Å²) in [4.78, 5) is 21.9. The highest BCUT2D eigenvalue weighted by Gasteiger charge is 2.17. The van der Waals surface area contributed by atoms with Gasteiger partial charge in [-0.3, -0.25) is 10.1 Å². The molecule has 0 heterocycles. The van der Waals surface area contributed by atoms with Crippen molar-refractivity contribution in [2.75, 3.05) is 0 Å². The number of hydrogen-bond acceptors (Lipinski definition) is 4. The van der Waals surface area contributed by atoms with Gasteiger partial charge in [0.2, 0.25) is 0 Å². The Morgan fingerprint density at radius 1 is 0.962 bits per heavy atom. The number of nitrogens with zero attached hydrogens (tertiary/aromatic N) is 1. The number of non-ortho nitro benzene ring substituents is 1. The minimum atomic E-state index is -1.10. The molecule has 3 rings (SSSR count). The summed E-state index contributed by atoms with van der Waals surface area (Å²) in [5.41, 5.74) is 2.12. The van der Waals surface area contributed by atoms with Gasteiger partial charge in [0.15, 0.2) is 0 Å². The van der Waals surface area contributed by atoms with Crippen LogP contribution in [0.5, 0.6) is 5.75 Å². The van der Waals surface area contributed by atoms with Crippen molar-refractivity contribution in [1.82, 2.24) is 0 Å². The molecule has 1 N–H and O–H groups in total. The van der Waals surface area contributed by atoms with E-state index in [9.17, 15) is 20.0 Å². The lowest BCUT2D eigenvalue weighted by atomic mass is 10.0. The zero-order valence-corrected chi connectivity index (χ0v) is 13.7. The third kappa shape index (κ3) is 3.70. The number of carbonyl (C=O) groups is 1. The molecule has 0 saturated carbocycles. The van der Waals surface area contributed by atoms with E-state index in [4.69, 9.17) is 4.74 Å². The second-order valence-electron chi connectivity index (χ2n) is 5.57. The largest absolute Gasteiger partial charge is 0.487 e. The second-order valence-corrected chi connectivity index (χ2v) is 5.57. The number of carboxylic acid groups (broad SMARTS) is 1. The summed E-state index contributed by atoms with van der Waals surface area (Å²) in [5, 5.41) is 20.3. The van der Waals surface area contributed by atoms with Crippen LogP contribution in [-0.4, -0.2) is 16.0 Å². The van der Waals surface area contributed by atoms with Gasteiger partial charge in [0.05, 0.1) is 4.92 Å². The highest BCUT2D eigenvalue weighted by atomic mass is 16.6. The van der Waals surface area contributed by atoms with E-state index in [-0.39, 0.29) is 23.6 Å². The van der Waals surface area contributed by atoms with Gasteiger partial charge < -0.3 is 9.84 Å². The van der Waals surface area contributed by atoms with Crippen LogP contribution in [-0.2, 0) is 6.61 Å². The molecule has 0 bridgehead atoms. The summed E-state index contributed by atoms with van der Waals surface area (Å²) in [6, 6.07) is 20.1. The van der Waals surface area contributed by atoms with Crippen molar-refractivity contribution >= 4 is 11.7 Å². The first-order chi connectivity index (χ1) is 12.6. The minimum Gasteiger partial charge on any atom is -0.487 e. The molecule has 0 aromatic heterocycles. The number of rotatable bonds is 6. The maximum absolute atomic E-state index is 11.6. The van der Waals surface area contributed by atoms with Crippen LogP contribution in [0, 0.1) is 10.1 Å². The van der Waals surface area contributed by atoms with Crippen molar-refractivity contribution in [1.29, 1.82) is 0 Å². The van der Waals surface area contributed by atoms with Crippen molar-refractivity contribution in [2.45, 2.75) is 6.61 Å². The molecular formula is C20H15NO5. The van der Waals surface area contributed by atoms with Crippen LogP contribution >= 0.6 is 0 Å². The highest BCUT2D eigenvalue weighted by Crippen LogP contribution is 2.34. The van der Waals surface area contributed by atoms with Crippen molar-refractivity contribution in [3.05, 3.63) is 94.0 Å². The number of carboxylic acids is 1. The predicted octanol–water partition coefficient (Wildman–Crippen LogP) is 4.54. The summed E-state index contributed by atoms with van der Waals surface area (Å²) < 4.78 is 5.83. The van der Waals surface area contributed by atoms with Gasteiger partial charge in [-0.05, 0) is 29.3 Å². The SMILES string of the molecule is O=C(O)c1cccc(-c2ccc([N+](=O)[O-])cc2)c1OCc1ccccc1. The fourth-order valence-electron chi connectivity index (χ4n) is 2.58. The Balaban J connectivity index is 2.00. The van der Waals surface area contributed by atoms with E-state index in [2.05, 4.69) is 0 Å². The lowest BCUT2D eigenvalue weighted by molar-refractivity contribution is -0.384. The monoisotopic (exact) mass is 349 g/mol. The van der Waals surface area contributed by atoms with E-state index < -0.39 is 10.9 Å². The third-order valence-electron chi connectivity index (χ3n) is 3.86. The second kappa shape index (κ2) is 7.48. The van der Waals surface area contributed by atoms with Gasteiger partial charge in [0.25, 0.3) is 5.69 Å². The molecular weight excluding hydrogens is 334 g/mol. The molecule has 0 spiro atoms. The minimum absolute atomic E-state index is 0.0325. The Morgan fingerprint density at radius 2 is 1.65 bits per heavy atom. The molecule has 6 heteroatoms. The van der Waals surface area contributed by atoms with E-state index in [1.54, 1.807) is 24.3 Å². The van der Waals surface area contributed by atoms with Crippen LogP contribution in [0.15, 0.2) is 72.8 Å². The van der Waals surface area contributed by atoms with Crippen molar-refractivity contribution in [2.24, 2.45) is 0 Å². The standard InChI is InChI=1S/C20H15NO5/c22-20(23)18-8-4-7-17(15-9-11-16(12-10-15)21(24)25)19(18)26-13-14-5-2-1-3-6-14/h1-12H,13H2,(H,22,23). The summed E-state index contributed by atoms with van der Waals surface area (Å²) >= 11 is 0. The topological polar surface area (TPSA) is 89.7 Å². The maximum Gasteiger partial charge on any atom is 0.339 e. The predicted molar refractivity (Wildman–Crippen MR) is 96.3 cm³/mol. The zero-order chi connectivity index (χ0) is 18.5. The van der Waals surface area contributed by atoms with Crippen LogP contribution < -0.4 is 4.74 Å². The first kappa shape index (κ1) is 17.2. The normalized spacial score (nSPS) is 10.3. The molecule has 130 valence electrons. The third-order valence-corrected chi connectivity index (χ3v) is 3.86. The number of para-hydroxylation sites is 1. The van der Waals surface area contributed by atoms with Crippen LogP contribution in [0.1, 0.15) is 15.9 Å². The number of nitro groups is 1. The summed E-state index contributed by atoms with van der Waals surface area (Å²) in [6.07, 6.45) is 0. The lowest BCUT2D eigenvalue weighted by Crippen LogP contribution is -2.05. The van der Waals surface area contributed by atoms with E-state index in [0.29, 0.717) is 11.1 Å². The van der Waals surface area contributed by atoms with E-state index >= 15 is 0 Å². The molecule has 0 atom stereocenters. The van der Waals surface area contributed by atoms with Gasteiger partial charge >= 0.3 is 5.97 Å². The maximum atomic E-state index is 11.6. The Morgan fingerprint density at radius 3 is 2.27 bits per heavy atom. The quantitative estimate of drug-likeness (QED) is 0.521. The van der Waals surface area contributed by atoms with Crippen LogP contribution in [0.2, 0.25) is 0 Å². The first-order valence-corrected chi connectivity index (χ1v) is 7.84. The first-order valence-electron chi connectivity index (χ1n) is 7.84.